The highest BCUT2D eigenvalue weighted by Crippen LogP contribution is 2.16. The highest BCUT2D eigenvalue weighted by atomic mass is 19.1. The van der Waals surface area contributed by atoms with Crippen LogP contribution in [0.5, 0.6) is 0 Å². The van der Waals surface area contributed by atoms with Gasteiger partial charge in [0.1, 0.15) is 5.82 Å². The van der Waals surface area contributed by atoms with Crippen LogP contribution in [0.15, 0.2) is 42.5 Å². The average Bonchev–Trinajstić information content (AvgIpc) is 2.62. The average molecular weight is 372 g/mol. The first-order chi connectivity index (χ1) is 12.8. The van der Waals surface area contributed by atoms with Gasteiger partial charge in [-0.05, 0) is 55.3 Å². The lowest BCUT2D eigenvalue weighted by Gasteiger charge is -2.17. The van der Waals surface area contributed by atoms with E-state index in [4.69, 9.17) is 4.74 Å². The summed E-state index contributed by atoms with van der Waals surface area (Å²) in [7, 11) is 1.44. The quantitative estimate of drug-likeness (QED) is 0.791. The van der Waals surface area contributed by atoms with Crippen molar-refractivity contribution in [2.45, 2.75) is 13.8 Å². The molecular weight excluding hydrogens is 351 g/mol. The lowest BCUT2D eigenvalue weighted by atomic mass is 10.1. The molecule has 0 aliphatic rings. The van der Waals surface area contributed by atoms with Gasteiger partial charge in [-0.15, -0.1) is 0 Å². The summed E-state index contributed by atoms with van der Waals surface area (Å²) in [5.41, 5.74) is 2.74. The van der Waals surface area contributed by atoms with Crippen LogP contribution in [0.4, 0.5) is 10.1 Å². The van der Waals surface area contributed by atoms with Crippen LogP contribution in [0, 0.1) is 19.7 Å². The molecule has 0 saturated heterocycles. The van der Waals surface area contributed by atoms with Gasteiger partial charge in [0, 0.05) is 12.7 Å². The first-order valence-corrected chi connectivity index (χ1v) is 8.30. The molecule has 7 heteroatoms. The summed E-state index contributed by atoms with van der Waals surface area (Å²) in [6.07, 6.45) is 0. The number of halogens is 1. The largest absolute Gasteiger partial charge is 0.452 e. The highest BCUT2D eigenvalue weighted by Gasteiger charge is 2.16. The smallest absolute Gasteiger partial charge is 0.338 e. The number of nitrogens with zero attached hydrogens (tertiary/aromatic N) is 1. The Morgan fingerprint density at radius 2 is 1.74 bits per heavy atom. The van der Waals surface area contributed by atoms with Crippen LogP contribution in [0.3, 0.4) is 0 Å². The molecule has 0 radical (unpaired) electrons. The van der Waals surface area contributed by atoms with Crippen molar-refractivity contribution in [3.8, 4) is 0 Å². The van der Waals surface area contributed by atoms with Gasteiger partial charge >= 0.3 is 5.97 Å². The standard InChI is InChI=1S/C20H21FN2O4/c1-13-4-5-14(2)17(10-13)22-18(24)11-23(3)19(25)12-27-20(26)15-6-8-16(21)9-7-15/h4-10H,11-12H2,1-3H3,(H,22,24). The van der Waals surface area contributed by atoms with E-state index in [1.54, 1.807) is 0 Å². The van der Waals surface area contributed by atoms with E-state index in [0.717, 1.165) is 23.3 Å². The molecule has 0 fully saturated rings. The van der Waals surface area contributed by atoms with Crippen molar-refractivity contribution in [1.29, 1.82) is 0 Å². The molecule has 27 heavy (non-hydrogen) atoms. The first kappa shape index (κ1) is 20.1. The van der Waals surface area contributed by atoms with Gasteiger partial charge in [-0.2, -0.15) is 0 Å². The van der Waals surface area contributed by atoms with Crippen LogP contribution in [-0.4, -0.2) is 42.9 Å². The molecule has 1 N–H and O–H groups in total. The number of amides is 2. The lowest BCUT2D eigenvalue weighted by Crippen LogP contribution is -2.37. The number of likely N-dealkylation sites (N-methyl/N-ethyl adjacent to an activating group) is 1. The van der Waals surface area contributed by atoms with Crippen molar-refractivity contribution < 1.29 is 23.5 Å². The van der Waals surface area contributed by atoms with E-state index in [2.05, 4.69) is 5.32 Å². The summed E-state index contributed by atoms with van der Waals surface area (Å²) >= 11 is 0. The minimum absolute atomic E-state index is 0.138. The number of carbonyl (C=O) groups is 3. The molecule has 2 aromatic carbocycles. The molecule has 0 aliphatic carbocycles. The number of anilines is 1. The maximum Gasteiger partial charge on any atom is 0.338 e. The number of benzene rings is 2. The zero-order chi connectivity index (χ0) is 20.0. The third-order valence-corrected chi connectivity index (χ3v) is 3.88. The fourth-order valence-electron chi connectivity index (χ4n) is 2.27. The number of esters is 1. The SMILES string of the molecule is Cc1ccc(C)c(NC(=O)CN(C)C(=O)COC(=O)c2ccc(F)cc2)c1. The lowest BCUT2D eigenvalue weighted by molar-refractivity contribution is -0.136. The molecule has 2 rings (SSSR count). The molecule has 0 saturated carbocycles. The van der Waals surface area contributed by atoms with Crippen LogP contribution >= 0.6 is 0 Å². The van der Waals surface area contributed by atoms with Crippen LogP contribution in [0.1, 0.15) is 21.5 Å². The van der Waals surface area contributed by atoms with Gasteiger partial charge in [-0.25, -0.2) is 9.18 Å². The number of carbonyl (C=O) groups excluding carboxylic acids is 3. The molecule has 0 heterocycles. The number of rotatable bonds is 6. The second-order valence-corrected chi connectivity index (χ2v) is 6.20. The molecule has 0 spiro atoms. The highest BCUT2D eigenvalue weighted by molar-refractivity contribution is 5.96. The normalized spacial score (nSPS) is 10.2. The van der Waals surface area contributed by atoms with Crippen molar-refractivity contribution in [3.63, 3.8) is 0 Å². The molecule has 2 amide bonds. The summed E-state index contributed by atoms with van der Waals surface area (Å²) in [5, 5.41) is 2.76. The Balaban J connectivity index is 1.84. The molecule has 6 nitrogen and oxygen atoms in total. The van der Waals surface area contributed by atoms with Crippen LogP contribution in [0.2, 0.25) is 0 Å². The van der Waals surface area contributed by atoms with E-state index < -0.39 is 24.3 Å². The Hall–Kier alpha value is -3.22. The molecule has 0 atom stereocenters. The molecule has 0 aliphatic heterocycles. The van der Waals surface area contributed by atoms with Gasteiger partial charge in [-0.1, -0.05) is 12.1 Å². The second-order valence-electron chi connectivity index (χ2n) is 6.20. The minimum atomic E-state index is -0.739. The van der Waals surface area contributed by atoms with Crippen molar-refractivity contribution >= 4 is 23.5 Å². The Labute approximate surface area is 156 Å². The molecule has 2 aromatic rings. The van der Waals surface area contributed by atoms with Crippen molar-refractivity contribution in [2.75, 3.05) is 25.5 Å². The number of hydrogen-bond acceptors (Lipinski definition) is 4. The molecule has 0 aromatic heterocycles. The molecule has 142 valence electrons. The molecular formula is C20H21FN2O4. The fourth-order valence-corrected chi connectivity index (χ4v) is 2.27. The van der Waals surface area contributed by atoms with Crippen LogP contribution in [0.25, 0.3) is 0 Å². The third-order valence-electron chi connectivity index (χ3n) is 3.88. The summed E-state index contributed by atoms with van der Waals surface area (Å²) in [6, 6.07) is 10.5. The maximum absolute atomic E-state index is 12.8. The van der Waals surface area contributed by atoms with Gasteiger partial charge in [0.2, 0.25) is 5.91 Å². The second kappa shape index (κ2) is 8.93. The van der Waals surface area contributed by atoms with Gasteiger partial charge in [0.05, 0.1) is 12.1 Å². The van der Waals surface area contributed by atoms with Crippen LogP contribution in [-0.2, 0) is 14.3 Å². The van der Waals surface area contributed by atoms with Crippen LogP contribution < -0.4 is 5.32 Å². The van der Waals surface area contributed by atoms with Gasteiger partial charge < -0.3 is 15.0 Å². The predicted molar refractivity (Wildman–Crippen MR) is 98.9 cm³/mol. The predicted octanol–water partition coefficient (Wildman–Crippen LogP) is 2.70. The summed E-state index contributed by atoms with van der Waals surface area (Å²) in [6.45, 7) is 3.10. The van der Waals surface area contributed by atoms with Gasteiger partial charge in [0.15, 0.2) is 6.61 Å². The Morgan fingerprint density at radius 3 is 2.41 bits per heavy atom. The first-order valence-electron chi connectivity index (χ1n) is 8.30. The topological polar surface area (TPSA) is 75.7 Å². The third kappa shape index (κ3) is 5.91. The maximum atomic E-state index is 12.8. The van der Waals surface area contributed by atoms with E-state index in [-0.39, 0.29) is 18.0 Å². The zero-order valence-corrected chi connectivity index (χ0v) is 15.4. The molecule has 0 bridgehead atoms. The van der Waals surface area contributed by atoms with E-state index in [0.29, 0.717) is 5.69 Å². The Kier molecular flexibility index (Phi) is 6.65. The van der Waals surface area contributed by atoms with E-state index in [9.17, 15) is 18.8 Å². The van der Waals surface area contributed by atoms with E-state index in [1.165, 1.54) is 24.1 Å². The summed E-state index contributed by atoms with van der Waals surface area (Å²) in [4.78, 5) is 37.2. The van der Waals surface area contributed by atoms with Crippen molar-refractivity contribution in [2.24, 2.45) is 0 Å². The van der Waals surface area contributed by atoms with Gasteiger partial charge in [-0.3, -0.25) is 9.59 Å². The Bertz CT molecular complexity index is 850. The number of aryl methyl sites for hydroxylation is 2. The monoisotopic (exact) mass is 372 g/mol. The summed E-state index contributed by atoms with van der Waals surface area (Å²) in [5.74, 6) is -2.10. The van der Waals surface area contributed by atoms with Gasteiger partial charge in [0.25, 0.3) is 5.91 Å². The fraction of sp³-hybridized carbons (Fsp3) is 0.250. The Morgan fingerprint density at radius 1 is 1.07 bits per heavy atom. The minimum Gasteiger partial charge on any atom is -0.452 e. The molecule has 0 unspecified atom stereocenters. The number of nitrogens with one attached hydrogen (secondary N) is 1. The van der Waals surface area contributed by atoms with Crippen molar-refractivity contribution in [1.82, 2.24) is 4.90 Å². The van der Waals surface area contributed by atoms with E-state index in [1.807, 2.05) is 32.0 Å². The number of hydrogen-bond donors (Lipinski definition) is 1. The zero-order valence-electron chi connectivity index (χ0n) is 15.4. The summed E-state index contributed by atoms with van der Waals surface area (Å²) < 4.78 is 17.7. The number of ether oxygens (including phenoxy) is 1. The van der Waals surface area contributed by atoms with E-state index >= 15 is 0 Å². The van der Waals surface area contributed by atoms with Crippen molar-refractivity contribution in [3.05, 3.63) is 65.0 Å².